The number of amides is 3. The predicted octanol–water partition coefficient (Wildman–Crippen LogP) is -0.0830. The number of rotatable bonds is 25. The molecule has 43 heavy (non-hydrogen) atoms. The third kappa shape index (κ3) is 20.2. The first kappa shape index (κ1) is 39.6. The standard InChI is InChI=1S/C28H47N3O12/c1-20(32)17-42-15-13-41-12-10-30-23(34)18-43-16-14-40-11-9-29-22(33)8-6-7-21(24(35)36)31-25(37)27(2,3)19-28(4,5)26(38)39/h6-7,21H,8-19H2,1-5H3,(H,29,33)(H,30,34)(H,31,37)(H,35,36)(H,38,39)/b7-6+/t21-/m0/s1. The fourth-order valence-electron chi connectivity index (χ4n) is 3.57. The van der Waals surface area contributed by atoms with Crippen LogP contribution in [0, 0.1) is 10.8 Å². The minimum atomic E-state index is -1.39. The Morgan fingerprint density at radius 2 is 1.23 bits per heavy atom. The van der Waals surface area contributed by atoms with Crippen molar-refractivity contribution in [1.82, 2.24) is 16.0 Å². The van der Waals surface area contributed by atoms with Gasteiger partial charge in [-0.2, -0.15) is 0 Å². The van der Waals surface area contributed by atoms with Gasteiger partial charge in [-0.1, -0.05) is 26.0 Å². The molecule has 0 aliphatic rings. The molecule has 0 aromatic rings. The monoisotopic (exact) mass is 617 g/mol. The maximum atomic E-state index is 12.6. The summed E-state index contributed by atoms with van der Waals surface area (Å²) in [6, 6.07) is -1.39. The van der Waals surface area contributed by atoms with Gasteiger partial charge in [0.05, 0.1) is 45.1 Å². The van der Waals surface area contributed by atoms with Gasteiger partial charge in [-0.15, -0.1) is 0 Å². The minimum absolute atomic E-state index is 0.0121. The lowest BCUT2D eigenvalue weighted by Crippen LogP contribution is -2.47. The first-order valence-corrected chi connectivity index (χ1v) is 13.9. The van der Waals surface area contributed by atoms with Crippen LogP contribution in [-0.4, -0.2) is 118 Å². The molecular formula is C28H47N3O12. The summed E-state index contributed by atoms with van der Waals surface area (Å²) in [5.41, 5.74) is -2.34. The summed E-state index contributed by atoms with van der Waals surface area (Å²) in [6.45, 7) is 9.33. The average Bonchev–Trinajstić information content (AvgIpc) is 2.89. The number of carboxylic acids is 2. The van der Waals surface area contributed by atoms with E-state index in [1.807, 2.05) is 0 Å². The van der Waals surface area contributed by atoms with Crippen molar-refractivity contribution in [2.75, 3.05) is 65.9 Å². The molecule has 0 saturated carbocycles. The van der Waals surface area contributed by atoms with E-state index in [1.54, 1.807) is 0 Å². The van der Waals surface area contributed by atoms with Crippen LogP contribution < -0.4 is 16.0 Å². The van der Waals surface area contributed by atoms with E-state index in [-0.39, 0.29) is 70.0 Å². The number of ketones is 1. The lowest BCUT2D eigenvalue weighted by Gasteiger charge is -2.31. The summed E-state index contributed by atoms with van der Waals surface area (Å²) in [5.74, 6) is -3.79. The van der Waals surface area contributed by atoms with Gasteiger partial charge in [0.1, 0.15) is 19.3 Å². The summed E-state index contributed by atoms with van der Waals surface area (Å²) in [7, 11) is 0. The lowest BCUT2D eigenvalue weighted by atomic mass is 9.74. The molecule has 1 atom stereocenters. The Hall–Kier alpha value is -3.40. The highest BCUT2D eigenvalue weighted by Gasteiger charge is 2.39. The zero-order valence-electron chi connectivity index (χ0n) is 25.7. The first-order valence-electron chi connectivity index (χ1n) is 13.9. The van der Waals surface area contributed by atoms with Gasteiger partial charge < -0.3 is 45.1 Å². The van der Waals surface area contributed by atoms with Crippen molar-refractivity contribution in [3.8, 4) is 0 Å². The maximum Gasteiger partial charge on any atom is 0.330 e. The molecule has 0 aliphatic carbocycles. The van der Waals surface area contributed by atoms with Gasteiger partial charge in [-0.3, -0.25) is 24.0 Å². The molecular weight excluding hydrogens is 570 g/mol. The number of nitrogens with one attached hydrogen (secondary N) is 3. The van der Waals surface area contributed by atoms with Gasteiger partial charge in [-0.05, 0) is 27.2 Å². The highest BCUT2D eigenvalue weighted by molar-refractivity contribution is 5.89. The normalized spacial score (nSPS) is 12.5. The number of carboxylic acid groups (broad SMARTS) is 2. The van der Waals surface area contributed by atoms with Crippen LogP contribution in [-0.2, 0) is 47.7 Å². The highest BCUT2D eigenvalue weighted by atomic mass is 16.5. The molecule has 0 unspecified atom stereocenters. The second kappa shape index (κ2) is 21.3. The number of carbonyl (C=O) groups is 6. The van der Waals surface area contributed by atoms with E-state index in [1.165, 1.54) is 46.8 Å². The van der Waals surface area contributed by atoms with Gasteiger partial charge in [0.15, 0.2) is 5.78 Å². The summed E-state index contributed by atoms with van der Waals surface area (Å²) in [4.78, 5) is 70.0. The van der Waals surface area contributed by atoms with Gasteiger partial charge in [0.25, 0.3) is 0 Å². The van der Waals surface area contributed by atoms with Crippen molar-refractivity contribution in [2.24, 2.45) is 10.8 Å². The summed E-state index contributed by atoms with van der Waals surface area (Å²) in [6.07, 6.45) is 2.36. The van der Waals surface area contributed by atoms with Crippen molar-refractivity contribution in [2.45, 2.75) is 53.5 Å². The minimum Gasteiger partial charge on any atom is -0.481 e. The third-order valence-electron chi connectivity index (χ3n) is 5.68. The molecule has 0 aromatic heterocycles. The number of hydrogen-bond donors (Lipinski definition) is 5. The Kier molecular flexibility index (Phi) is 19.6. The molecule has 0 bridgehead atoms. The molecule has 0 aliphatic heterocycles. The average molecular weight is 618 g/mol. The molecule has 5 N–H and O–H groups in total. The summed E-state index contributed by atoms with van der Waals surface area (Å²) in [5, 5.41) is 26.3. The van der Waals surface area contributed by atoms with Crippen LogP contribution >= 0.6 is 0 Å². The fraction of sp³-hybridized carbons (Fsp3) is 0.714. The quantitative estimate of drug-likeness (QED) is 0.0671. The van der Waals surface area contributed by atoms with Gasteiger partial charge in [0, 0.05) is 24.9 Å². The Morgan fingerprint density at radius 3 is 1.74 bits per heavy atom. The van der Waals surface area contributed by atoms with Gasteiger partial charge in [-0.25, -0.2) is 4.79 Å². The summed E-state index contributed by atoms with van der Waals surface area (Å²) < 4.78 is 20.8. The number of carbonyl (C=O) groups excluding carboxylic acids is 4. The second-order valence-corrected chi connectivity index (χ2v) is 10.9. The van der Waals surface area contributed by atoms with Crippen molar-refractivity contribution in [1.29, 1.82) is 0 Å². The zero-order valence-corrected chi connectivity index (χ0v) is 25.7. The molecule has 0 aromatic carbocycles. The number of aliphatic carboxylic acids is 2. The molecule has 246 valence electrons. The molecule has 0 spiro atoms. The third-order valence-corrected chi connectivity index (χ3v) is 5.68. The Labute approximate surface area is 252 Å². The maximum absolute atomic E-state index is 12.6. The van der Waals surface area contributed by atoms with Crippen LogP contribution in [0.25, 0.3) is 0 Å². The molecule has 0 rings (SSSR count). The lowest BCUT2D eigenvalue weighted by molar-refractivity contribution is -0.150. The molecule has 15 nitrogen and oxygen atoms in total. The van der Waals surface area contributed by atoms with Gasteiger partial charge in [0.2, 0.25) is 17.7 Å². The Morgan fingerprint density at radius 1 is 0.721 bits per heavy atom. The van der Waals surface area contributed by atoms with Crippen LogP contribution in [0.15, 0.2) is 12.2 Å². The first-order chi connectivity index (χ1) is 20.1. The van der Waals surface area contributed by atoms with Crippen molar-refractivity contribution in [3.63, 3.8) is 0 Å². The SMILES string of the molecule is CC(=O)COCCOCCNC(=O)COCCOCCNC(=O)C/C=C/[C@H](NC(=O)C(C)(C)CC(C)(C)C(=O)O)C(=O)O. The molecule has 15 heteroatoms. The van der Waals surface area contributed by atoms with E-state index in [9.17, 15) is 39.0 Å². The smallest absolute Gasteiger partial charge is 0.330 e. The van der Waals surface area contributed by atoms with E-state index < -0.39 is 34.7 Å². The van der Waals surface area contributed by atoms with E-state index in [2.05, 4.69) is 16.0 Å². The molecule has 0 saturated heterocycles. The van der Waals surface area contributed by atoms with E-state index in [4.69, 9.17) is 18.9 Å². The summed E-state index contributed by atoms with van der Waals surface area (Å²) >= 11 is 0. The largest absolute Gasteiger partial charge is 0.481 e. The highest BCUT2D eigenvalue weighted by Crippen LogP contribution is 2.34. The number of Topliss-reactive ketones (excluding diaryl/α,β-unsaturated/α-hetero) is 1. The van der Waals surface area contributed by atoms with Crippen LogP contribution in [0.2, 0.25) is 0 Å². The molecule has 0 heterocycles. The van der Waals surface area contributed by atoms with Crippen molar-refractivity contribution >= 4 is 35.4 Å². The number of hydrogen-bond acceptors (Lipinski definition) is 10. The Balaban J connectivity index is 4.05. The zero-order chi connectivity index (χ0) is 32.9. The molecule has 0 radical (unpaired) electrons. The number of ether oxygens (including phenoxy) is 4. The fourth-order valence-corrected chi connectivity index (χ4v) is 3.57. The van der Waals surface area contributed by atoms with E-state index in [0.29, 0.717) is 26.4 Å². The molecule has 0 fully saturated rings. The Bertz CT molecular complexity index is 949. The van der Waals surface area contributed by atoms with Crippen molar-refractivity contribution in [3.05, 3.63) is 12.2 Å². The van der Waals surface area contributed by atoms with E-state index in [0.717, 1.165) is 0 Å². The topological polar surface area (TPSA) is 216 Å². The predicted molar refractivity (Wildman–Crippen MR) is 153 cm³/mol. The van der Waals surface area contributed by atoms with E-state index >= 15 is 0 Å². The molecule has 3 amide bonds. The van der Waals surface area contributed by atoms with Crippen LogP contribution in [0.3, 0.4) is 0 Å². The van der Waals surface area contributed by atoms with Crippen LogP contribution in [0.5, 0.6) is 0 Å². The van der Waals surface area contributed by atoms with Crippen molar-refractivity contribution < 1.29 is 57.9 Å². The van der Waals surface area contributed by atoms with Crippen LogP contribution in [0.4, 0.5) is 0 Å². The van der Waals surface area contributed by atoms with Crippen LogP contribution in [0.1, 0.15) is 47.5 Å². The van der Waals surface area contributed by atoms with Gasteiger partial charge >= 0.3 is 11.9 Å². The second-order valence-electron chi connectivity index (χ2n) is 10.9.